The van der Waals surface area contributed by atoms with Crippen molar-refractivity contribution in [2.75, 3.05) is 11.4 Å². The highest BCUT2D eigenvalue weighted by Crippen LogP contribution is 2.37. The molecule has 0 atom stereocenters. The van der Waals surface area contributed by atoms with Crippen molar-refractivity contribution in [3.8, 4) is 10.4 Å². The van der Waals surface area contributed by atoms with Gasteiger partial charge in [0.05, 0.1) is 17.8 Å². The van der Waals surface area contributed by atoms with E-state index in [0.717, 1.165) is 24.8 Å². The maximum atomic E-state index is 12.3. The standard InChI is InChI=1S/C28H26IN3O3S/c1-18-3-12-24(19(2)15-18)25-16-31-28(36-25)32(23-10-8-22(29)9-11-23)17-20-4-6-21(7-5-20)27(35)30-14-13-26(33)34/h3-12,15-16H,13-14,17H2,1-2H3,(H,30,35)(H,33,34). The van der Waals surface area contributed by atoms with E-state index in [2.05, 4.69) is 89.1 Å². The zero-order valence-corrected chi connectivity index (χ0v) is 23.0. The number of hydrogen-bond acceptors (Lipinski definition) is 5. The second-order valence-corrected chi connectivity index (χ2v) is 10.7. The van der Waals surface area contributed by atoms with Crippen molar-refractivity contribution < 1.29 is 14.7 Å². The number of rotatable bonds is 9. The molecule has 1 aromatic heterocycles. The van der Waals surface area contributed by atoms with Crippen LogP contribution in [0.2, 0.25) is 0 Å². The minimum Gasteiger partial charge on any atom is -0.481 e. The predicted molar refractivity (Wildman–Crippen MR) is 153 cm³/mol. The van der Waals surface area contributed by atoms with Crippen LogP contribution in [0.4, 0.5) is 10.8 Å². The molecule has 0 aliphatic carbocycles. The minimum atomic E-state index is -0.941. The molecule has 0 fully saturated rings. The van der Waals surface area contributed by atoms with E-state index >= 15 is 0 Å². The summed E-state index contributed by atoms with van der Waals surface area (Å²) >= 11 is 3.95. The van der Waals surface area contributed by atoms with Gasteiger partial charge in [-0.1, -0.05) is 47.2 Å². The van der Waals surface area contributed by atoms with Gasteiger partial charge in [0.15, 0.2) is 5.13 Å². The molecule has 1 heterocycles. The highest BCUT2D eigenvalue weighted by molar-refractivity contribution is 14.1. The number of amides is 1. The van der Waals surface area contributed by atoms with Gasteiger partial charge < -0.3 is 15.3 Å². The van der Waals surface area contributed by atoms with Crippen LogP contribution in [-0.4, -0.2) is 28.5 Å². The number of aliphatic carboxylic acids is 1. The van der Waals surface area contributed by atoms with Crippen molar-refractivity contribution in [2.24, 2.45) is 0 Å². The van der Waals surface area contributed by atoms with Gasteiger partial charge in [-0.3, -0.25) is 9.59 Å². The first-order chi connectivity index (χ1) is 17.3. The van der Waals surface area contributed by atoms with Crippen LogP contribution >= 0.6 is 33.9 Å². The third kappa shape index (κ3) is 6.50. The quantitative estimate of drug-likeness (QED) is 0.209. The number of aryl methyl sites for hydroxylation is 2. The highest BCUT2D eigenvalue weighted by Gasteiger charge is 2.17. The molecular weight excluding hydrogens is 585 g/mol. The molecule has 184 valence electrons. The number of nitrogens with zero attached hydrogens (tertiary/aromatic N) is 2. The summed E-state index contributed by atoms with van der Waals surface area (Å²) in [6.07, 6.45) is 1.83. The van der Waals surface area contributed by atoms with Gasteiger partial charge in [-0.05, 0) is 89.5 Å². The lowest BCUT2D eigenvalue weighted by atomic mass is 10.1. The number of thiazole rings is 1. The van der Waals surface area contributed by atoms with Crippen LogP contribution < -0.4 is 10.2 Å². The first-order valence-electron chi connectivity index (χ1n) is 11.5. The number of aromatic nitrogens is 1. The number of anilines is 2. The molecule has 0 radical (unpaired) electrons. The first kappa shape index (κ1) is 25.8. The predicted octanol–water partition coefficient (Wildman–Crippen LogP) is 6.57. The Morgan fingerprint density at radius 1 is 1.03 bits per heavy atom. The van der Waals surface area contributed by atoms with Crippen molar-refractivity contribution in [3.05, 3.63) is 98.8 Å². The van der Waals surface area contributed by atoms with Crippen LogP contribution in [0.3, 0.4) is 0 Å². The second kappa shape index (κ2) is 11.7. The molecule has 6 nitrogen and oxygen atoms in total. The van der Waals surface area contributed by atoms with Gasteiger partial charge in [-0.25, -0.2) is 4.98 Å². The fourth-order valence-corrected chi connectivity index (χ4v) is 5.21. The molecule has 1 amide bonds. The molecule has 0 aliphatic heterocycles. The molecule has 0 saturated heterocycles. The van der Waals surface area contributed by atoms with Gasteiger partial charge in [-0.2, -0.15) is 0 Å². The molecule has 0 spiro atoms. The molecule has 0 aliphatic rings. The third-order valence-corrected chi connectivity index (χ3v) is 7.46. The fraction of sp³-hybridized carbons (Fsp3) is 0.179. The number of carboxylic acid groups (broad SMARTS) is 1. The summed E-state index contributed by atoms with van der Waals surface area (Å²) in [7, 11) is 0. The van der Waals surface area contributed by atoms with Gasteiger partial charge in [0.25, 0.3) is 5.91 Å². The number of hydrogen-bond donors (Lipinski definition) is 2. The average Bonchev–Trinajstić information content (AvgIpc) is 3.33. The van der Waals surface area contributed by atoms with E-state index in [1.54, 1.807) is 23.5 Å². The molecule has 36 heavy (non-hydrogen) atoms. The van der Waals surface area contributed by atoms with Crippen LogP contribution in [0.15, 0.2) is 72.9 Å². The molecule has 8 heteroatoms. The summed E-state index contributed by atoms with van der Waals surface area (Å²) in [5.41, 5.74) is 6.21. The lowest BCUT2D eigenvalue weighted by Crippen LogP contribution is -2.26. The molecular formula is C28H26IN3O3S. The largest absolute Gasteiger partial charge is 0.481 e. The number of carbonyl (C=O) groups is 2. The Morgan fingerprint density at radius 3 is 2.42 bits per heavy atom. The van der Waals surface area contributed by atoms with Gasteiger partial charge in [0, 0.05) is 27.6 Å². The Balaban J connectivity index is 1.58. The number of nitrogens with one attached hydrogen (secondary N) is 1. The van der Waals surface area contributed by atoms with E-state index in [1.165, 1.54) is 16.7 Å². The second-order valence-electron chi connectivity index (χ2n) is 8.48. The fourth-order valence-electron chi connectivity index (χ4n) is 3.82. The van der Waals surface area contributed by atoms with Crippen molar-refractivity contribution in [1.29, 1.82) is 0 Å². The molecule has 3 aromatic carbocycles. The lowest BCUT2D eigenvalue weighted by Gasteiger charge is -2.22. The van der Waals surface area contributed by atoms with Gasteiger partial charge >= 0.3 is 5.97 Å². The maximum absolute atomic E-state index is 12.3. The van der Waals surface area contributed by atoms with Crippen molar-refractivity contribution in [1.82, 2.24) is 10.3 Å². The molecule has 4 aromatic rings. The number of carboxylic acids is 1. The van der Waals surface area contributed by atoms with Gasteiger partial charge in [0.2, 0.25) is 0 Å². The Hall–Kier alpha value is -3.24. The number of halogens is 1. The Kier molecular flexibility index (Phi) is 8.37. The van der Waals surface area contributed by atoms with E-state index in [4.69, 9.17) is 10.1 Å². The summed E-state index contributed by atoms with van der Waals surface area (Å²) in [4.78, 5) is 31.0. The normalized spacial score (nSPS) is 10.8. The van der Waals surface area contributed by atoms with E-state index < -0.39 is 5.97 Å². The van der Waals surface area contributed by atoms with Crippen LogP contribution in [0.5, 0.6) is 0 Å². The summed E-state index contributed by atoms with van der Waals surface area (Å²) in [5.74, 6) is -1.22. The molecule has 2 N–H and O–H groups in total. The molecule has 4 rings (SSSR count). The topological polar surface area (TPSA) is 82.5 Å². The van der Waals surface area contributed by atoms with Crippen molar-refractivity contribution in [2.45, 2.75) is 26.8 Å². The van der Waals surface area contributed by atoms with Crippen molar-refractivity contribution in [3.63, 3.8) is 0 Å². The van der Waals surface area contributed by atoms with Crippen LogP contribution in [-0.2, 0) is 11.3 Å². The Labute approximate surface area is 228 Å². The zero-order valence-electron chi connectivity index (χ0n) is 20.0. The summed E-state index contributed by atoms with van der Waals surface area (Å²) in [6.45, 7) is 4.90. The third-order valence-electron chi connectivity index (χ3n) is 5.69. The summed E-state index contributed by atoms with van der Waals surface area (Å²) in [5, 5.41) is 12.3. The lowest BCUT2D eigenvalue weighted by molar-refractivity contribution is -0.136. The molecule has 0 saturated carbocycles. The average molecular weight is 612 g/mol. The van der Waals surface area contributed by atoms with Crippen LogP contribution in [0.25, 0.3) is 10.4 Å². The maximum Gasteiger partial charge on any atom is 0.305 e. The molecule has 0 bridgehead atoms. The van der Waals surface area contributed by atoms with Gasteiger partial charge in [-0.15, -0.1) is 0 Å². The van der Waals surface area contributed by atoms with Crippen LogP contribution in [0.1, 0.15) is 33.5 Å². The minimum absolute atomic E-state index is 0.101. The smallest absolute Gasteiger partial charge is 0.305 e. The van der Waals surface area contributed by atoms with E-state index in [9.17, 15) is 9.59 Å². The zero-order chi connectivity index (χ0) is 25.7. The Morgan fingerprint density at radius 2 is 1.75 bits per heavy atom. The van der Waals surface area contributed by atoms with E-state index in [1.807, 2.05) is 18.3 Å². The first-order valence-corrected chi connectivity index (χ1v) is 13.3. The Bertz CT molecular complexity index is 1370. The SMILES string of the molecule is Cc1ccc(-c2cnc(N(Cc3ccc(C(=O)NCCC(=O)O)cc3)c3ccc(I)cc3)s2)c(C)c1. The monoisotopic (exact) mass is 611 g/mol. The summed E-state index contributed by atoms with van der Waals surface area (Å²) in [6, 6.07) is 22.2. The van der Waals surface area contributed by atoms with E-state index in [-0.39, 0.29) is 18.9 Å². The van der Waals surface area contributed by atoms with Crippen molar-refractivity contribution >= 4 is 56.6 Å². The summed E-state index contributed by atoms with van der Waals surface area (Å²) < 4.78 is 1.16. The van der Waals surface area contributed by atoms with Gasteiger partial charge in [0.1, 0.15) is 0 Å². The van der Waals surface area contributed by atoms with Crippen LogP contribution in [0, 0.1) is 17.4 Å². The number of carbonyl (C=O) groups excluding carboxylic acids is 1. The molecule has 0 unspecified atom stereocenters. The number of benzene rings is 3. The van der Waals surface area contributed by atoms with E-state index in [0.29, 0.717) is 12.1 Å². The highest BCUT2D eigenvalue weighted by atomic mass is 127.